The molecule has 0 bridgehead atoms. The summed E-state index contributed by atoms with van der Waals surface area (Å²) < 4.78 is 14.5. The fourth-order valence-electron chi connectivity index (χ4n) is 1.11. The lowest BCUT2D eigenvalue weighted by Crippen LogP contribution is -2.42. The predicted octanol–water partition coefficient (Wildman–Crippen LogP) is 0.410. The SMILES string of the molecule is C=CC(=O)O.C=CC(=O)OCC(CO)(COC(=O)C=C)COC(=O)C=C. The number of carbonyl (C=O) groups excluding carboxylic acids is 3. The Morgan fingerprint density at radius 2 is 1.00 bits per heavy atom. The molecule has 0 aliphatic carbocycles. The van der Waals surface area contributed by atoms with Crippen LogP contribution in [0, 0.1) is 5.41 Å². The Bertz CT molecular complexity index is 489. The second-order valence-corrected chi connectivity index (χ2v) is 4.64. The maximum absolute atomic E-state index is 11.1. The molecule has 0 saturated carbocycles. The van der Waals surface area contributed by atoms with Crippen molar-refractivity contribution in [2.75, 3.05) is 26.4 Å². The van der Waals surface area contributed by atoms with E-state index in [9.17, 15) is 24.3 Å². The molecule has 0 rings (SSSR count). The molecule has 0 radical (unpaired) electrons. The number of aliphatic hydroxyl groups excluding tert-OH is 1. The van der Waals surface area contributed by atoms with Crippen LogP contribution in [0.15, 0.2) is 50.6 Å². The number of hydrogen-bond donors (Lipinski definition) is 2. The van der Waals surface area contributed by atoms with Gasteiger partial charge in [-0.05, 0) is 0 Å². The number of hydrogen-bond acceptors (Lipinski definition) is 8. The molecule has 0 amide bonds. The summed E-state index contributed by atoms with van der Waals surface area (Å²) in [6.45, 7) is 11.1. The van der Waals surface area contributed by atoms with Gasteiger partial charge in [0.1, 0.15) is 19.8 Å². The Morgan fingerprint density at radius 3 is 1.15 bits per heavy atom. The maximum atomic E-state index is 11.1. The highest BCUT2D eigenvalue weighted by Gasteiger charge is 2.35. The van der Waals surface area contributed by atoms with Crippen molar-refractivity contribution in [3.8, 4) is 0 Å². The normalized spacial score (nSPS) is 9.42. The molecule has 0 saturated heterocycles. The molecule has 0 spiro atoms. The molecule has 26 heavy (non-hydrogen) atoms. The van der Waals surface area contributed by atoms with Gasteiger partial charge in [-0.25, -0.2) is 19.2 Å². The summed E-state index contributed by atoms with van der Waals surface area (Å²) in [4.78, 5) is 42.5. The first-order chi connectivity index (χ1) is 12.2. The van der Waals surface area contributed by atoms with Crippen LogP contribution in [0.4, 0.5) is 0 Å². The molecule has 0 unspecified atom stereocenters. The lowest BCUT2D eigenvalue weighted by Gasteiger charge is -2.29. The fraction of sp³-hybridized carbons (Fsp3) is 0.294. The Balaban J connectivity index is 0. The molecule has 0 heterocycles. The molecule has 0 atom stereocenters. The first-order valence-electron chi connectivity index (χ1n) is 7.04. The minimum absolute atomic E-state index is 0.330. The minimum Gasteiger partial charge on any atom is -0.478 e. The monoisotopic (exact) mass is 370 g/mol. The molecule has 0 aliphatic rings. The summed E-state index contributed by atoms with van der Waals surface area (Å²) in [6, 6.07) is 0. The van der Waals surface area contributed by atoms with Crippen LogP contribution in [0.25, 0.3) is 0 Å². The van der Waals surface area contributed by atoms with Crippen LogP contribution in [0.2, 0.25) is 0 Å². The van der Waals surface area contributed by atoms with Gasteiger partial charge in [-0.1, -0.05) is 26.3 Å². The van der Waals surface area contributed by atoms with Gasteiger partial charge in [0.2, 0.25) is 0 Å². The number of aliphatic hydroxyl groups is 1. The van der Waals surface area contributed by atoms with Crippen molar-refractivity contribution >= 4 is 23.9 Å². The van der Waals surface area contributed by atoms with Crippen molar-refractivity contribution in [3.63, 3.8) is 0 Å². The summed E-state index contributed by atoms with van der Waals surface area (Å²) >= 11 is 0. The molecule has 9 heteroatoms. The summed E-state index contributed by atoms with van der Waals surface area (Å²) in [5.74, 6) is -3.15. The Morgan fingerprint density at radius 1 is 0.731 bits per heavy atom. The van der Waals surface area contributed by atoms with Crippen molar-refractivity contribution in [2.24, 2.45) is 5.41 Å². The van der Waals surface area contributed by atoms with Gasteiger partial charge in [-0.3, -0.25) is 0 Å². The molecule has 0 aliphatic heterocycles. The van der Waals surface area contributed by atoms with Crippen molar-refractivity contribution < 1.29 is 43.6 Å². The third-order valence-corrected chi connectivity index (χ3v) is 2.57. The van der Waals surface area contributed by atoms with Crippen LogP contribution in [0.5, 0.6) is 0 Å². The van der Waals surface area contributed by atoms with Gasteiger partial charge < -0.3 is 24.4 Å². The van der Waals surface area contributed by atoms with Crippen molar-refractivity contribution in [2.45, 2.75) is 0 Å². The molecule has 0 fully saturated rings. The Kier molecular flexibility index (Phi) is 13.6. The Labute approximate surface area is 150 Å². The standard InChI is InChI=1S/C14H18O7.C3H4O2/c1-4-11(16)19-8-14(7-15,9-20-12(17)5-2)10-21-13(18)6-3;1-2-3(4)5/h4-6,15H,1-3,7-10H2;2H,1H2,(H,4,5). The zero-order valence-electron chi connectivity index (χ0n) is 14.2. The number of rotatable bonds is 11. The van der Waals surface area contributed by atoms with E-state index in [0.29, 0.717) is 0 Å². The molecule has 2 N–H and O–H groups in total. The quantitative estimate of drug-likeness (QED) is 0.301. The Hall–Kier alpha value is -3.20. The second-order valence-electron chi connectivity index (χ2n) is 4.64. The highest BCUT2D eigenvalue weighted by atomic mass is 16.6. The molecular weight excluding hydrogens is 348 g/mol. The number of esters is 3. The third kappa shape index (κ3) is 12.3. The van der Waals surface area contributed by atoms with Gasteiger partial charge in [0, 0.05) is 24.3 Å². The van der Waals surface area contributed by atoms with Crippen LogP contribution < -0.4 is 0 Å². The highest BCUT2D eigenvalue weighted by Crippen LogP contribution is 2.19. The molecule has 0 aromatic rings. The summed E-state index contributed by atoms with van der Waals surface area (Å²) in [7, 11) is 0. The first-order valence-corrected chi connectivity index (χ1v) is 7.04. The number of carboxylic acid groups (broad SMARTS) is 1. The topological polar surface area (TPSA) is 136 Å². The number of carboxylic acids is 1. The van der Waals surface area contributed by atoms with Crippen LogP contribution in [0.1, 0.15) is 0 Å². The molecule has 144 valence electrons. The van der Waals surface area contributed by atoms with E-state index in [-0.39, 0.29) is 19.8 Å². The van der Waals surface area contributed by atoms with Crippen LogP contribution >= 0.6 is 0 Å². The van der Waals surface area contributed by atoms with Gasteiger partial charge in [0.15, 0.2) is 0 Å². The van der Waals surface area contributed by atoms with E-state index in [4.69, 9.17) is 19.3 Å². The van der Waals surface area contributed by atoms with Crippen molar-refractivity contribution in [1.29, 1.82) is 0 Å². The van der Waals surface area contributed by atoms with E-state index in [1.165, 1.54) is 0 Å². The van der Waals surface area contributed by atoms with E-state index in [1.807, 2.05) is 0 Å². The molecule has 0 aromatic heterocycles. The lowest BCUT2D eigenvalue weighted by molar-refractivity contribution is -0.159. The van der Waals surface area contributed by atoms with E-state index in [2.05, 4.69) is 26.3 Å². The lowest BCUT2D eigenvalue weighted by atomic mass is 9.92. The van der Waals surface area contributed by atoms with Gasteiger partial charge in [-0.2, -0.15) is 0 Å². The van der Waals surface area contributed by atoms with Crippen molar-refractivity contribution in [3.05, 3.63) is 50.6 Å². The molecule has 0 aromatic carbocycles. The predicted molar refractivity (Wildman–Crippen MR) is 90.8 cm³/mol. The molecule has 9 nitrogen and oxygen atoms in total. The summed E-state index contributed by atoms with van der Waals surface area (Å²) in [6.07, 6.45) is 3.65. The minimum atomic E-state index is -1.28. The maximum Gasteiger partial charge on any atom is 0.330 e. The second kappa shape index (κ2) is 14.2. The zero-order chi connectivity index (χ0) is 20.6. The van der Waals surface area contributed by atoms with E-state index in [1.54, 1.807) is 0 Å². The smallest absolute Gasteiger partial charge is 0.330 e. The van der Waals surface area contributed by atoms with Crippen LogP contribution in [0.3, 0.4) is 0 Å². The van der Waals surface area contributed by atoms with Gasteiger partial charge in [0.25, 0.3) is 0 Å². The summed E-state index contributed by atoms with van der Waals surface area (Å²) in [5, 5.41) is 17.1. The van der Waals surface area contributed by atoms with Gasteiger partial charge in [-0.15, -0.1) is 0 Å². The van der Waals surface area contributed by atoms with E-state index < -0.39 is 35.9 Å². The van der Waals surface area contributed by atoms with Crippen LogP contribution in [-0.2, 0) is 33.4 Å². The van der Waals surface area contributed by atoms with Gasteiger partial charge >= 0.3 is 23.9 Å². The number of carbonyl (C=O) groups is 4. The van der Waals surface area contributed by atoms with Gasteiger partial charge in [0.05, 0.1) is 12.0 Å². The van der Waals surface area contributed by atoms with E-state index in [0.717, 1.165) is 24.3 Å². The summed E-state index contributed by atoms with van der Waals surface area (Å²) in [5.41, 5.74) is -1.28. The average Bonchev–Trinajstić information content (AvgIpc) is 2.67. The van der Waals surface area contributed by atoms with E-state index >= 15 is 0 Å². The molecular formula is C17H22O9. The number of aliphatic carboxylic acids is 1. The average molecular weight is 370 g/mol. The van der Waals surface area contributed by atoms with Crippen LogP contribution in [-0.4, -0.2) is 60.5 Å². The zero-order valence-corrected chi connectivity index (χ0v) is 14.2. The highest BCUT2D eigenvalue weighted by molar-refractivity contribution is 5.82. The van der Waals surface area contributed by atoms with Crippen molar-refractivity contribution in [1.82, 2.24) is 0 Å². The fourth-order valence-corrected chi connectivity index (χ4v) is 1.11. The number of ether oxygens (including phenoxy) is 3. The largest absolute Gasteiger partial charge is 0.478 e. The third-order valence-electron chi connectivity index (χ3n) is 2.57. The first kappa shape index (κ1) is 25.0.